The maximum atomic E-state index is 12.3. The molecule has 1 amide bonds. The molecular formula is C15H13Cl3N2O. The van der Waals surface area contributed by atoms with Gasteiger partial charge in [-0.2, -0.15) is 0 Å². The van der Waals surface area contributed by atoms with Crippen LogP contribution in [0.15, 0.2) is 36.4 Å². The summed E-state index contributed by atoms with van der Waals surface area (Å²) in [6, 6.07) is 9.60. The van der Waals surface area contributed by atoms with E-state index in [1.54, 1.807) is 30.3 Å². The van der Waals surface area contributed by atoms with Gasteiger partial charge in [0, 0.05) is 15.7 Å². The van der Waals surface area contributed by atoms with Crippen LogP contribution in [0.25, 0.3) is 0 Å². The summed E-state index contributed by atoms with van der Waals surface area (Å²) < 4.78 is 0. The second kappa shape index (κ2) is 6.56. The Labute approximate surface area is 138 Å². The van der Waals surface area contributed by atoms with E-state index in [9.17, 15) is 4.79 Å². The van der Waals surface area contributed by atoms with Gasteiger partial charge in [0.15, 0.2) is 0 Å². The first-order valence-corrected chi connectivity index (χ1v) is 7.32. The number of hydrogen-bond acceptors (Lipinski definition) is 2. The summed E-state index contributed by atoms with van der Waals surface area (Å²) in [4.78, 5) is 12.3. The van der Waals surface area contributed by atoms with Crippen molar-refractivity contribution in [3.05, 3.63) is 62.6 Å². The second-order valence-corrected chi connectivity index (χ2v) is 5.85. The first kappa shape index (κ1) is 16.0. The van der Waals surface area contributed by atoms with Crippen molar-refractivity contribution in [2.45, 2.75) is 13.0 Å². The van der Waals surface area contributed by atoms with Gasteiger partial charge in [-0.1, -0.05) is 40.9 Å². The van der Waals surface area contributed by atoms with E-state index in [4.69, 9.17) is 40.5 Å². The van der Waals surface area contributed by atoms with E-state index in [1.807, 2.05) is 6.92 Å². The molecule has 3 nitrogen and oxygen atoms in total. The van der Waals surface area contributed by atoms with Gasteiger partial charge < -0.3 is 11.1 Å². The van der Waals surface area contributed by atoms with Crippen molar-refractivity contribution in [2.75, 3.05) is 5.73 Å². The van der Waals surface area contributed by atoms with Gasteiger partial charge in [0.2, 0.25) is 0 Å². The fraction of sp³-hybridized carbons (Fsp3) is 0.133. The zero-order valence-corrected chi connectivity index (χ0v) is 13.4. The molecule has 0 bridgehead atoms. The van der Waals surface area contributed by atoms with Crippen molar-refractivity contribution in [3.8, 4) is 0 Å². The molecule has 0 aliphatic rings. The maximum absolute atomic E-state index is 12.3. The van der Waals surface area contributed by atoms with Crippen LogP contribution in [0.3, 0.4) is 0 Å². The van der Waals surface area contributed by atoms with Crippen LogP contribution >= 0.6 is 34.8 Å². The number of nitrogens with two attached hydrogens (primary N) is 1. The summed E-state index contributed by atoms with van der Waals surface area (Å²) in [5.41, 5.74) is 7.25. The molecule has 0 saturated carbocycles. The van der Waals surface area contributed by atoms with Crippen LogP contribution < -0.4 is 11.1 Å². The summed E-state index contributed by atoms with van der Waals surface area (Å²) >= 11 is 18.0. The molecule has 1 unspecified atom stereocenters. The SMILES string of the molecule is CC(NC(=O)c1cc(N)ccc1Cl)c1ccc(Cl)cc1Cl. The Morgan fingerprint density at radius 3 is 2.48 bits per heavy atom. The Kier molecular flexibility index (Phi) is 4.99. The van der Waals surface area contributed by atoms with E-state index in [0.717, 1.165) is 5.56 Å². The molecule has 110 valence electrons. The van der Waals surface area contributed by atoms with Gasteiger partial charge in [-0.3, -0.25) is 4.79 Å². The minimum Gasteiger partial charge on any atom is -0.399 e. The topological polar surface area (TPSA) is 55.1 Å². The van der Waals surface area contributed by atoms with E-state index >= 15 is 0 Å². The van der Waals surface area contributed by atoms with Crippen LogP contribution in [0.4, 0.5) is 5.69 Å². The third-order valence-electron chi connectivity index (χ3n) is 3.01. The molecule has 2 aromatic rings. The fourth-order valence-electron chi connectivity index (χ4n) is 1.92. The quantitative estimate of drug-likeness (QED) is 0.792. The largest absolute Gasteiger partial charge is 0.399 e. The highest BCUT2D eigenvalue weighted by Crippen LogP contribution is 2.27. The number of carbonyl (C=O) groups is 1. The normalized spacial score (nSPS) is 12.0. The van der Waals surface area contributed by atoms with Crippen molar-refractivity contribution in [2.24, 2.45) is 0 Å². The number of anilines is 1. The summed E-state index contributed by atoms with van der Waals surface area (Å²) in [5.74, 6) is -0.314. The molecule has 0 radical (unpaired) electrons. The summed E-state index contributed by atoms with van der Waals surface area (Å²) in [6.45, 7) is 1.83. The average molecular weight is 344 g/mol. The first-order valence-electron chi connectivity index (χ1n) is 6.19. The van der Waals surface area contributed by atoms with E-state index < -0.39 is 0 Å². The zero-order chi connectivity index (χ0) is 15.6. The number of nitrogens with one attached hydrogen (secondary N) is 1. The molecule has 0 aliphatic carbocycles. The first-order chi connectivity index (χ1) is 9.88. The number of amides is 1. The Morgan fingerprint density at radius 1 is 1.10 bits per heavy atom. The van der Waals surface area contributed by atoms with Crippen LogP contribution in [0.5, 0.6) is 0 Å². The van der Waals surface area contributed by atoms with Crippen LogP contribution in [-0.4, -0.2) is 5.91 Å². The molecule has 6 heteroatoms. The highest BCUT2D eigenvalue weighted by Gasteiger charge is 2.16. The molecule has 0 heterocycles. The lowest BCUT2D eigenvalue weighted by atomic mass is 10.1. The molecule has 21 heavy (non-hydrogen) atoms. The van der Waals surface area contributed by atoms with Crippen LogP contribution in [0, 0.1) is 0 Å². The fourth-order valence-corrected chi connectivity index (χ4v) is 2.70. The van der Waals surface area contributed by atoms with Crippen LogP contribution in [-0.2, 0) is 0 Å². The monoisotopic (exact) mass is 342 g/mol. The average Bonchev–Trinajstić information content (AvgIpc) is 2.41. The Balaban J connectivity index is 2.20. The number of hydrogen-bond donors (Lipinski definition) is 2. The van der Waals surface area contributed by atoms with Gasteiger partial charge in [0.1, 0.15) is 0 Å². The number of carbonyl (C=O) groups excluding carboxylic acids is 1. The van der Waals surface area contributed by atoms with Crippen molar-refractivity contribution < 1.29 is 4.79 Å². The van der Waals surface area contributed by atoms with Crippen LogP contribution in [0.1, 0.15) is 28.9 Å². The molecule has 0 fully saturated rings. The van der Waals surface area contributed by atoms with E-state index in [-0.39, 0.29) is 11.9 Å². The Morgan fingerprint density at radius 2 is 1.81 bits per heavy atom. The highest BCUT2D eigenvalue weighted by atomic mass is 35.5. The maximum Gasteiger partial charge on any atom is 0.253 e. The number of rotatable bonds is 3. The van der Waals surface area contributed by atoms with Gasteiger partial charge in [-0.15, -0.1) is 0 Å². The Bertz CT molecular complexity index is 689. The molecule has 2 aromatic carbocycles. The van der Waals surface area contributed by atoms with Crippen LogP contribution in [0.2, 0.25) is 15.1 Å². The van der Waals surface area contributed by atoms with Crippen molar-refractivity contribution in [3.63, 3.8) is 0 Å². The minimum absolute atomic E-state index is 0.292. The molecule has 0 aliphatic heterocycles. The lowest BCUT2D eigenvalue weighted by molar-refractivity contribution is 0.0940. The lowest BCUT2D eigenvalue weighted by Gasteiger charge is -2.16. The molecular weight excluding hydrogens is 331 g/mol. The van der Waals surface area contributed by atoms with E-state index in [1.165, 1.54) is 6.07 Å². The highest BCUT2D eigenvalue weighted by molar-refractivity contribution is 6.35. The van der Waals surface area contributed by atoms with Crippen molar-refractivity contribution in [1.29, 1.82) is 0 Å². The summed E-state index contributed by atoms with van der Waals surface area (Å²) in [5, 5.41) is 4.22. The van der Waals surface area contributed by atoms with Gasteiger partial charge in [0.25, 0.3) is 5.91 Å². The lowest BCUT2D eigenvalue weighted by Crippen LogP contribution is -2.27. The number of nitrogen functional groups attached to an aromatic ring is 1. The molecule has 0 saturated heterocycles. The van der Waals surface area contributed by atoms with Gasteiger partial charge in [-0.25, -0.2) is 0 Å². The summed E-state index contributed by atoms with van der Waals surface area (Å²) in [6.07, 6.45) is 0. The predicted octanol–water partition coefficient (Wildman–Crippen LogP) is 4.72. The third kappa shape index (κ3) is 3.82. The standard InChI is InChI=1S/C15H13Cl3N2O/c1-8(11-4-2-9(16)6-14(11)18)20-15(21)12-7-10(19)3-5-13(12)17/h2-8H,19H2,1H3,(H,20,21). The second-order valence-electron chi connectivity index (χ2n) is 4.60. The van der Waals surface area contributed by atoms with Gasteiger partial charge in [-0.05, 0) is 42.8 Å². The summed E-state index contributed by atoms with van der Waals surface area (Å²) in [7, 11) is 0. The van der Waals surface area contributed by atoms with E-state index in [0.29, 0.717) is 26.3 Å². The van der Waals surface area contributed by atoms with Crippen molar-refractivity contribution in [1.82, 2.24) is 5.32 Å². The smallest absolute Gasteiger partial charge is 0.253 e. The molecule has 0 aromatic heterocycles. The van der Waals surface area contributed by atoms with Gasteiger partial charge >= 0.3 is 0 Å². The zero-order valence-electron chi connectivity index (χ0n) is 11.2. The number of benzene rings is 2. The van der Waals surface area contributed by atoms with E-state index in [2.05, 4.69) is 5.32 Å². The minimum atomic E-state index is -0.314. The molecule has 0 spiro atoms. The number of halogens is 3. The van der Waals surface area contributed by atoms with Gasteiger partial charge in [0.05, 0.1) is 16.6 Å². The molecule has 2 rings (SSSR count). The predicted molar refractivity (Wildman–Crippen MR) is 88.2 cm³/mol. The van der Waals surface area contributed by atoms with Crippen molar-refractivity contribution >= 4 is 46.4 Å². The molecule has 1 atom stereocenters. The Hall–Kier alpha value is -1.42. The third-order valence-corrected chi connectivity index (χ3v) is 3.90. The molecule has 3 N–H and O–H groups in total.